The van der Waals surface area contributed by atoms with Crippen molar-refractivity contribution in [2.75, 3.05) is 11.5 Å². The molecule has 0 aliphatic carbocycles. The lowest BCUT2D eigenvalue weighted by atomic mass is 10.0. The van der Waals surface area contributed by atoms with Crippen molar-refractivity contribution in [1.29, 1.82) is 0 Å². The summed E-state index contributed by atoms with van der Waals surface area (Å²) in [5, 5.41) is 8.55. The first-order valence-corrected chi connectivity index (χ1v) is 8.65. The van der Waals surface area contributed by atoms with Crippen LogP contribution in [0.3, 0.4) is 0 Å². The summed E-state index contributed by atoms with van der Waals surface area (Å²) in [5.41, 5.74) is 2.88. The highest BCUT2D eigenvalue weighted by atomic mass is 32.2. The first kappa shape index (κ1) is 19.3. The second-order valence-corrected chi connectivity index (χ2v) is 6.89. The van der Waals surface area contributed by atoms with Crippen LogP contribution in [0.5, 0.6) is 0 Å². The minimum atomic E-state index is -0.711. The smallest absolute Gasteiger partial charge is 0.313 e. The predicted octanol–water partition coefficient (Wildman–Crippen LogP) is 5.30. The van der Waals surface area contributed by atoms with Gasteiger partial charge in [0.25, 0.3) is 0 Å². The molecule has 0 radical (unpaired) electrons. The maximum atomic E-state index is 10.4. The van der Waals surface area contributed by atoms with E-state index < -0.39 is 5.97 Å². The third-order valence-corrected chi connectivity index (χ3v) is 4.20. The molecule has 0 fully saturated rings. The minimum Gasteiger partial charge on any atom is -0.481 e. The molecule has 0 aliphatic rings. The lowest BCUT2D eigenvalue weighted by molar-refractivity contribution is -0.133. The summed E-state index contributed by atoms with van der Waals surface area (Å²) >= 11 is 1.52. The second-order valence-electron chi connectivity index (χ2n) is 5.79. The number of carboxylic acid groups (broad SMARTS) is 1. The number of carboxylic acids is 1. The zero-order chi connectivity index (χ0) is 15.4. The summed E-state index contributed by atoms with van der Waals surface area (Å²) in [4.78, 5) is 10.4. The number of rotatable bonds is 11. The fraction of sp³-hybridized carbons (Fsp3) is 0.706. The van der Waals surface area contributed by atoms with Crippen LogP contribution in [0, 0.1) is 5.92 Å². The van der Waals surface area contributed by atoms with Gasteiger partial charge in [-0.05, 0) is 64.5 Å². The molecule has 0 rings (SSSR count). The molecule has 0 aliphatic heterocycles. The number of thioether (sulfide) groups is 1. The Morgan fingerprint density at radius 3 is 2.45 bits per heavy atom. The van der Waals surface area contributed by atoms with Gasteiger partial charge in [0.15, 0.2) is 0 Å². The van der Waals surface area contributed by atoms with Crippen molar-refractivity contribution in [3.8, 4) is 0 Å². The first-order chi connectivity index (χ1) is 9.41. The summed E-state index contributed by atoms with van der Waals surface area (Å²) in [6.45, 7) is 8.76. The normalized spacial score (nSPS) is 13.1. The predicted molar refractivity (Wildman–Crippen MR) is 90.4 cm³/mol. The Labute approximate surface area is 128 Å². The molecule has 1 N–H and O–H groups in total. The van der Waals surface area contributed by atoms with E-state index in [0.717, 1.165) is 31.4 Å². The minimum absolute atomic E-state index is 0.232. The Morgan fingerprint density at radius 1 is 1.15 bits per heavy atom. The van der Waals surface area contributed by atoms with Crippen LogP contribution in [0.15, 0.2) is 23.3 Å². The van der Waals surface area contributed by atoms with Gasteiger partial charge in [0, 0.05) is 0 Å². The van der Waals surface area contributed by atoms with Crippen LogP contribution in [-0.2, 0) is 4.79 Å². The molecule has 0 aromatic carbocycles. The van der Waals surface area contributed by atoms with Gasteiger partial charge in [-0.15, -0.1) is 0 Å². The molecule has 20 heavy (non-hydrogen) atoms. The molecule has 0 saturated carbocycles. The first-order valence-electron chi connectivity index (χ1n) is 7.50. The van der Waals surface area contributed by atoms with Crippen LogP contribution in [0.25, 0.3) is 0 Å². The Morgan fingerprint density at radius 2 is 1.85 bits per heavy atom. The zero-order valence-corrected chi connectivity index (χ0v) is 14.3. The lowest BCUT2D eigenvalue weighted by Gasteiger charge is -2.09. The van der Waals surface area contributed by atoms with Gasteiger partial charge in [0.2, 0.25) is 0 Å². The fourth-order valence-electron chi connectivity index (χ4n) is 1.89. The van der Waals surface area contributed by atoms with Crippen LogP contribution >= 0.6 is 11.8 Å². The van der Waals surface area contributed by atoms with E-state index in [0.29, 0.717) is 5.92 Å². The molecule has 2 nitrogen and oxygen atoms in total. The van der Waals surface area contributed by atoms with E-state index in [1.807, 2.05) is 0 Å². The average Bonchev–Trinajstić information content (AvgIpc) is 2.34. The summed E-state index contributed by atoms with van der Waals surface area (Å²) in [5.74, 6) is 1.16. The van der Waals surface area contributed by atoms with E-state index in [1.54, 1.807) is 0 Å². The van der Waals surface area contributed by atoms with Crippen LogP contribution in [0.1, 0.15) is 59.8 Å². The van der Waals surface area contributed by atoms with Crippen molar-refractivity contribution >= 4 is 17.7 Å². The number of hydrogen-bond donors (Lipinski definition) is 1. The number of hydrogen-bond acceptors (Lipinski definition) is 2. The van der Waals surface area contributed by atoms with Crippen molar-refractivity contribution in [3.05, 3.63) is 23.3 Å². The second kappa shape index (κ2) is 12.1. The van der Waals surface area contributed by atoms with Gasteiger partial charge < -0.3 is 5.11 Å². The SMILES string of the molecule is CC(C)=CCCC(C)=CCCC(C)CCSCC(=O)O. The fourth-order valence-corrected chi connectivity index (χ4v) is 2.78. The van der Waals surface area contributed by atoms with E-state index >= 15 is 0 Å². The van der Waals surface area contributed by atoms with E-state index in [1.165, 1.54) is 29.3 Å². The Kier molecular flexibility index (Phi) is 11.6. The van der Waals surface area contributed by atoms with E-state index in [-0.39, 0.29) is 5.75 Å². The van der Waals surface area contributed by atoms with Gasteiger partial charge >= 0.3 is 5.97 Å². The number of carbonyl (C=O) groups is 1. The molecule has 0 aromatic rings. The van der Waals surface area contributed by atoms with Gasteiger partial charge in [-0.2, -0.15) is 11.8 Å². The molecule has 1 atom stereocenters. The van der Waals surface area contributed by atoms with Crippen molar-refractivity contribution in [2.45, 2.75) is 59.8 Å². The summed E-state index contributed by atoms with van der Waals surface area (Å²) in [6.07, 6.45) is 10.4. The molecule has 3 heteroatoms. The Balaban J connectivity index is 3.65. The number of aliphatic carboxylic acids is 1. The van der Waals surface area contributed by atoms with Crippen LogP contribution in [0.4, 0.5) is 0 Å². The van der Waals surface area contributed by atoms with Gasteiger partial charge in [-0.1, -0.05) is 30.2 Å². The maximum Gasteiger partial charge on any atom is 0.313 e. The molecule has 116 valence electrons. The molecule has 0 heterocycles. The lowest BCUT2D eigenvalue weighted by Crippen LogP contribution is -2.01. The van der Waals surface area contributed by atoms with E-state index in [4.69, 9.17) is 5.11 Å². The largest absolute Gasteiger partial charge is 0.481 e. The van der Waals surface area contributed by atoms with E-state index in [2.05, 4.69) is 39.8 Å². The maximum absolute atomic E-state index is 10.4. The summed E-state index contributed by atoms with van der Waals surface area (Å²) in [6, 6.07) is 0. The molecule has 0 aromatic heterocycles. The molecule has 1 unspecified atom stereocenters. The van der Waals surface area contributed by atoms with Crippen molar-refractivity contribution < 1.29 is 9.90 Å². The molecule has 0 bridgehead atoms. The average molecular weight is 298 g/mol. The van der Waals surface area contributed by atoms with Gasteiger partial charge in [-0.25, -0.2) is 0 Å². The Bertz CT molecular complexity index is 328. The van der Waals surface area contributed by atoms with Crippen molar-refractivity contribution in [2.24, 2.45) is 5.92 Å². The molecule has 0 spiro atoms. The zero-order valence-electron chi connectivity index (χ0n) is 13.4. The molecule has 0 amide bonds. The topological polar surface area (TPSA) is 37.3 Å². The van der Waals surface area contributed by atoms with Crippen molar-refractivity contribution in [3.63, 3.8) is 0 Å². The molecule has 0 saturated heterocycles. The van der Waals surface area contributed by atoms with E-state index in [9.17, 15) is 4.79 Å². The van der Waals surface area contributed by atoms with Crippen LogP contribution in [0.2, 0.25) is 0 Å². The van der Waals surface area contributed by atoms with Gasteiger partial charge in [0.05, 0.1) is 5.75 Å². The quantitative estimate of drug-likeness (QED) is 0.415. The van der Waals surface area contributed by atoms with Gasteiger partial charge in [0.1, 0.15) is 0 Å². The highest BCUT2D eigenvalue weighted by Gasteiger charge is 2.03. The standard InChI is InChI=1S/C17H30O2S/c1-14(2)7-5-8-15(3)9-6-10-16(4)11-12-20-13-17(18)19/h7,9,16H,5-6,8,10-13H2,1-4H3,(H,18,19). The highest BCUT2D eigenvalue weighted by molar-refractivity contribution is 7.99. The van der Waals surface area contributed by atoms with Crippen LogP contribution < -0.4 is 0 Å². The van der Waals surface area contributed by atoms with Crippen molar-refractivity contribution in [1.82, 2.24) is 0 Å². The number of allylic oxidation sites excluding steroid dienone is 4. The Hall–Kier alpha value is -0.700. The monoisotopic (exact) mass is 298 g/mol. The molecular formula is C17H30O2S. The summed E-state index contributed by atoms with van der Waals surface area (Å²) in [7, 11) is 0. The van der Waals surface area contributed by atoms with Gasteiger partial charge in [-0.3, -0.25) is 4.79 Å². The third kappa shape index (κ3) is 13.7. The summed E-state index contributed by atoms with van der Waals surface area (Å²) < 4.78 is 0. The molecular weight excluding hydrogens is 268 g/mol. The highest BCUT2D eigenvalue weighted by Crippen LogP contribution is 2.16. The third-order valence-electron chi connectivity index (χ3n) is 3.22. The van der Waals surface area contributed by atoms with Crippen LogP contribution in [-0.4, -0.2) is 22.6 Å².